The van der Waals surface area contributed by atoms with Gasteiger partial charge in [0.1, 0.15) is 0 Å². The van der Waals surface area contributed by atoms with E-state index >= 15 is 0 Å². The number of amides is 3. The van der Waals surface area contributed by atoms with Crippen LogP contribution in [0.1, 0.15) is 34.6 Å². The lowest BCUT2D eigenvalue weighted by atomic mass is 10.2. The Bertz CT molecular complexity index is 842. The SMILES string of the molecule is CC(C)NC(=O)CSc1ccccc1C(=O)NNC(=O)c1ccccc1Cl. The van der Waals surface area contributed by atoms with Crippen LogP contribution in [0.2, 0.25) is 5.02 Å². The Hall–Kier alpha value is -2.51. The average molecular weight is 406 g/mol. The van der Waals surface area contributed by atoms with E-state index in [1.54, 1.807) is 48.5 Å². The van der Waals surface area contributed by atoms with Crippen LogP contribution in [0.25, 0.3) is 0 Å². The molecule has 27 heavy (non-hydrogen) atoms. The van der Waals surface area contributed by atoms with Crippen molar-refractivity contribution in [3.63, 3.8) is 0 Å². The number of nitrogens with one attached hydrogen (secondary N) is 3. The van der Waals surface area contributed by atoms with Crippen LogP contribution in [0.3, 0.4) is 0 Å². The van der Waals surface area contributed by atoms with Crippen molar-refractivity contribution in [1.29, 1.82) is 0 Å². The third-order valence-corrected chi connectivity index (χ3v) is 4.75. The molecule has 142 valence electrons. The first-order chi connectivity index (χ1) is 12.9. The van der Waals surface area contributed by atoms with Gasteiger partial charge in [-0.25, -0.2) is 0 Å². The van der Waals surface area contributed by atoms with Crippen molar-refractivity contribution in [2.75, 3.05) is 5.75 Å². The maximum Gasteiger partial charge on any atom is 0.271 e. The molecule has 8 heteroatoms. The minimum atomic E-state index is -0.518. The van der Waals surface area contributed by atoms with E-state index in [1.807, 2.05) is 13.8 Å². The molecule has 0 fully saturated rings. The van der Waals surface area contributed by atoms with E-state index in [4.69, 9.17) is 11.6 Å². The lowest BCUT2D eigenvalue weighted by Crippen LogP contribution is -2.41. The zero-order valence-electron chi connectivity index (χ0n) is 14.9. The summed E-state index contributed by atoms with van der Waals surface area (Å²) in [7, 11) is 0. The van der Waals surface area contributed by atoms with Crippen LogP contribution >= 0.6 is 23.4 Å². The Kier molecular flexibility index (Phi) is 7.69. The Morgan fingerprint density at radius 1 is 0.926 bits per heavy atom. The molecule has 0 saturated heterocycles. The Morgan fingerprint density at radius 2 is 1.48 bits per heavy atom. The Morgan fingerprint density at radius 3 is 2.11 bits per heavy atom. The van der Waals surface area contributed by atoms with Gasteiger partial charge in [-0.2, -0.15) is 0 Å². The molecule has 0 aliphatic carbocycles. The summed E-state index contributed by atoms with van der Waals surface area (Å²) in [6.07, 6.45) is 0. The second kappa shape index (κ2) is 9.99. The summed E-state index contributed by atoms with van der Waals surface area (Å²) in [6.45, 7) is 3.76. The molecule has 0 bridgehead atoms. The predicted octanol–water partition coefficient (Wildman–Crippen LogP) is 3.03. The van der Waals surface area contributed by atoms with Crippen molar-refractivity contribution in [2.45, 2.75) is 24.8 Å². The fourth-order valence-corrected chi connectivity index (χ4v) is 3.26. The summed E-state index contributed by atoms with van der Waals surface area (Å²) >= 11 is 7.22. The van der Waals surface area contributed by atoms with Gasteiger partial charge < -0.3 is 5.32 Å². The first-order valence-electron chi connectivity index (χ1n) is 8.25. The summed E-state index contributed by atoms with van der Waals surface area (Å²) in [6, 6.07) is 13.4. The molecule has 2 aromatic rings. The third kappa shape index (κ3) is 6.30. The number of carbonyl (C=O) groups is 3. The monoisotopic (exact) mass is 405 g/mol. The topological polar surface area (TPSA) is 87.3 Å². The van der Waals surface area contributed by atoms with Crippen molar-refractivity contribution in [2.24, 2.45) is 0 Å². The van der Waals surface area contributed by atoms with Crippen LogP contribution in [-0.2, 0) is 4.79 Å². The number of rotatable bonds is 6. The number of hydrazine groups is 1. The molecule has 6 nitrogen and oxygen atoms in total. The Balaban J connectivity index is 1.99. The number of hydrogen-bond acceptors (Lipinski definition) is 4. The molecule has 0 heterocycles. The van der Waals surface area contributed by atoms with Gasteiger partial charge in [0.15, 0.2) is 0 Å². The highest BCUT2D eigenvalue weighted by molar-refractivity contribution is 8.00. The molecule has 0 unspecified atom stereocenters. The van der Waals surface area contributed by atoms with Crippen LogP contribution < -0.4 is 16.2 Å². The minimum absolute atomic E-state index is 0.0525. The second-order valence-corrected chi connectivity index (χ2v) is 7.32. The van der Waals surface area contributed by atoms with Gasteiger partial charge in [0.05, 0.1) is 21.9 Å². The molecule has 0 radical (unpaired) electrons. The van der Waals surface area contributed by atoms with Crippen molar-refractivity contribution >= 4 is 41.1 Å². The Labute approximate surface area is 167 Å². The third-order valence-electron chi connectivity index (χ3n) is 3.35. The van der Waals surface area contributed by atoms with E-state index in [9.17, 15) is 14.4 Å². The largest absolute Gasteiger partial charge is 0.353 e. The number of halogens is 1. The average Bonchev–Trinajstić information content (AvgIpc) is 2.64. The van der Waals surface area contributed by atoms with E-state index < -0.39 is 11.8 Å². The molecular weight excluding hydrogens is 386 g/mol. The van der Waals surface area contributed by atoms with Gasteiger partial charge in [0.2, 0.25) is 5.91 Å². The van der Waals surface area contributed by atoms with Gasteiger partial charge in [-0.1, -0.05) is 35.9 Å². The quantitative estimate of drug-likeness (QED) is 0.509. The fraction of sp³-hybridized carbons (Fsp3) is 0.211. The normalized spacial score (nSPS) is 10.4. The van der Waals surface area contributed by atoms with Crippen molar-refractivity contribution in [3.8, 4) is 0 Å². The van der Waals surface area contributed by atoms with Gasteiger partial charge >= 0.3 is 0 Å². The molecule has 3 amide bonds. The molecule has 2 rings (SSSR count). The molecule has 3 N–H and O–H groups in total. The molecule has 2 aromatic carbocycles. The zero-order valence-corrected chi connectivity index (χ0v) is 16.5. The van der Waals surface area contributed by atoms with E-state index in [2.05, 4.69) is 16.2 Å². The van der Waals surface area contributed by atoms with Gasteiger partial charge in [0.25, 0.3) is 11.8 Å². The van der Waals surface area contributed by atoms with Gasteiger partial charge in [0, 0.05) is 10.9 Å². The summed E-state index contributed by atoms with van der Waals surface area (Å²) in [5.74, 6) is -0.926. The maximum atomic E-state index is 12.4. The lowest BCUT2D eigenvalue weighted by molar-refractivity contribution is -0.119. The molecule has 0 aromatic heterocycles. The summed E-state index contributed by atoms with van der Waals surface area (Å²) in [5.41, 5.74) is 5.34. The minimum Gasteiger partial charge on any atom is -0.353 e. The summed E-state index contributed by atoms with van der Waals surface area (Å²) in [4.78, 5) is 37.0. The highest BCUT2D eigenvalue weighted by Crippen LogP contribution is 2.22. The zero-order chi connectivity index (χ0) is 19.8. The summed E-state index contributed by atoms with van der Waals surface area (Å²) < 4.78 is 0. The van der Waals surface area contributed by atoms with Crippen LogP contribution in [0.4, 0.5) is 0 Å². The van der Waals surface area contributed by atoms with Crippen molar-refractivity contribution in [3.05, 3.63) is 64.7 Å². The maximum absolute atomic E-state index is 12.4. The van der Waals surface area contributed by atoms with Gasteiger partial charge in [-0.05, 0) is 38.1 Å². The molecule has 0 aliphatic rings. The number of benzene rings is 2. The second-order valence-electron chi connectivity index (χ2n) is 5.90. The van der Waals surface area contributed by atoms with Crippen LogP contribution in [-0.4, -0.2) is 29.5 Å². The highest BCUT2D eigenvalue weighted by atomic mass is 35.5. The molecule has 0 aliphatic heterocycles. The lowest BCUT2D eigenvalue weighted by Gasteiger charge is -2.12. The first kappa shape index (κ1) is 20.8. The van der Waals surface area contributed by atoms with Crippen LogP contribution in [0, 0.1) is 0 Å². The van der Waals surface area contributed by atoms with E-state index in [0.29, 0.717) is 10.5 Å². The van der Waals surface area contributed by atoms with Gasteiger partial charge in [-0.15, -0.1) is 11.8 Å². The van der Waals surface area contributed by atoms with Gasteiger partial charge in [-0.3, -0.25) is 25.2 Å². The fourth-order valence-electron chi connectivity index (χ4n) is 2.18. The summed E-state index contributed by atoms with van der Waals surface area (Å²) in [5, 5.41) is 3.08. The highest BCUT2D eigenvalue weighted by Gasteiger charge is 2.15. The smallest absolute Gasteiger partial charge is 0.271 e. The molecule has 0 spiro atoms. The standard InChI is InChI=1S/C19H20ClN3O3S/c1-12(2)21-17(24)11-27-16-10-6-4-8-14(16)19(26)23-22-18(25)13-7-3-5-9-15(13)20/h3-10,12H,11H2,1-2H3,(H,21,24)(H,22,25)(H,23,26). The predicted molar refractivity (Wildman–Crippen MR) is 107 cm³/mol. The first-order valence-corrected chi connectivity index (χ1v) is 9.61. The van der Waals surface area contributed by atoms with Crippen LogP contribution in [0.5, 0.6) is 0 Å². The molecule has 0 saturated carbocycles. The van der Waals surface area contributed by atoms with Crippen molar-refractivity contribution in [1.82, 2.24) is 16.2 Å². The van der Waals surface area contributed by atoms with E-state index in [1.165, 1.54) is 11.8 Å². The number of hydrogen-bond donors (Lipinski definition) is 3. The molecule has 0 atom stereocenters. The van der Waals surface area contributed by atoms with E-state index in [-0.39, 0.29) is 28.3 Å². The number of thioether (sulfide) groups is 1. The van der Waals surface area contributed by atoms with E-state index in [0.717, 1.165) is 0 Å². The molecular formula is C19H20ClN3O3S. The number of carbonyl (C=O) groups excluding carboxylic acids is 3. The van der Waals surface area contributed by atoms with Crippen molar-refractivity contribution < 1.29 is 14.4 Å². The van der Waals surface area contributed by atoms with Crippen LogP contribution in [0.15, 0.2) is 53.4 Å².